The fourth-order valence-electron chi connectivity index (χ4n) is 2.56. The van der Waals surface area contributed by atoms with Crippen molar-refractivity contribution in [3.8, 4) is 0 Å². The van der Waals surface area contributed by atoms with E-state index in [0.717, 1.165) is 12.3 Å². The van der Waals surface area contributed by atoms with Gasteiger partial charge in [0, 0.05) is 12.2 Å². The van der Waals surface area contributed by atoms with Gasteiger partial charge in [-0.25, -0.2) is 0 Å². The second-order valence-electron chi connectivity index (χ2n) is 5.06. The Morgan fingerprint density at radius 2 is 2.00 bits per heavy atom. The number of hydrogen-bond donors (Lipinski definition) is 2. The van der Waals surface area contributed by atoms with Crippen molar-refractivity contribution in [2.24, 2.45) is 5.92 Å². The molecule has 104 valence electrons. The molecule has 1 aliphatic carbocycles. The molecule has 3 nitrogen and oxygen atoms in total. The lowest BCUT2D eigenvalue weighted by atomic mass is 10.0. The summed E-state index contributed by atoms with van der Waals surface area (Å²) in [6.45, 7) is 0.673. The molecule has 0 atom stereocenters. The summed E-state index contributed by atoms with van der Waals surface area (Å²) in [5, 5.41) is 3.45. The van der Waals surface area contributed by atoms with Crippen molar-refractivity contribution in [3.05, 3.63) is 27.7 Å². The molecule has 2 rings (SSSR count). The van der Waals surface area contributed by atoms with Crippen LogP contribution in [0.4, 0.5) is 5.69 Å². The third kappa shape index (κ3) is 3.77. The second kappa shape index (κ2) is 6.49. The maximum Gasteiger partial charge on any atom is 0.252 e. The number of carbonyl (C=O) groups excluding carboxylic acids is 1. The van der Waals surface area contributed by atoms with Crippen LogP contribution in [0, 0.1) is 5.92 Å². The Kier molecular flexibility index (Phi) is 4.94. The van der Waals surface area contributed by atoms with Crippen molar-refractivity contribution in [2.75, 3.05) is 12.3 Å². The van der Waals surface area contributed by atoms with Gasteiger partial charge in [0.2, 0.25) is 0 Å². The number of halogens is 2. The van der Waals surface area contributed by atoms with Crippen LogP contribution in [-0.2, 0) is 0 Å². The van der Waals surface area contributed by atoms with Gasteiger partial charge in [0.1, 0.15) is 0 Å². The number of amides is 1. The van der Waals surface area contributed by atoms with Crippen molar-refractivity contribution in [1.29, 1.82) is 0 Å². The SMILES string of the molecule is Nc1cc(Cl)c(Cl)c(C(=O)NCCC2CCCC2)c1. The Labute approximate surface area is 123 Å². The van der Waals surface area contributed by atoms with Crippen molar-refractivity contribution in [2.45, 2.75) is 32.1 Å². The molecule has 19 heavy (non-hydrogen) atoms. The molecule has 0 unspecified atom stereocenters. The molecule has 0 spiro atoms. The standard InChI is InChI=1S/C14H18Cl2N2O/c15-12-8-10(17)7-11(13(12)16)14(19)18-6-5-9-3-1-2-4-9/h7-9H,1-6,17H2,(H,18,19). The molecule has 0 bridgehead atoms. The van der Waals surface area contributed by atoms with Crippen molar-refractivity contribution < 1.29 is 4.79 Å². The van der Waals surface area contributed by atoms with E-state index in [9.17, 15) is 4.79 Å². The molecule has 0 heterocycles. The molecule has 5 heteroatoms. The predicted molar refractivity (Wildman–Crippen MR) is 79.8 cm³/mol. The number of hydrogen-bond acceptors (Lipinski definition) is 2. The van der Waals surface area contributed by atoms with Crippen molar-refractivity contribution in [1.82, 2.24) is 5.32 Å². The van der Waals surface area contributed by atoms with Crippen LogP contribution in [0.3, 0.4) is 0 Å². The maximum absolute atomic E-state index is 12.0. The Morgan fingerprint density at radius 3 is 2.68 bits per heavy atom. The number of nitrogen functional groups attached to an aromatic ring is 1. The lowest BCUT2D eigenvalue weighted by Gasteiger charge is -2.11. The van der Waals surface area contributed by atoms with E-state index in [4.69, 9.17) is 28.9 Å². The smallest absolute Gasteiger partial charge is 0.252 e. The van der Waals surface area contributed by atoms with E-state index in [1.165, 1.54) is 25.7 Å². The van der Waals surface area contributed by atoms with E-state index in [2.05, 4.69) is 5.32 Å². The minimum absolute atomic E-state index is 0.211. The number of anilines is 1. The van der Waals surface area contributed by atoms with Gasteiger partial charge in [0.05, 0.1) is 15.6 Å². The number of nitrogens with one attached hydrogen (secondary N) is 1. The molecule has 1 fully saturated rings. The van der Waals surface area contributed by atoms with Crippen LogP contribution >= 0.6 is 23.2 Å². The molecule has 0 saturated heterocycles. The average Bonchev–Trinajstić information content (AvgIpc) is 2.86. The molecular formula is C14H18Cl2N2O. The summed E-state index contributed by atoms with van der Waals surface area (Å²) in [5.74, 6) is 0.539. The van der Waals surface area contributed by atoms with Gasteiger partial charge in [-0.1, -0.05) is 48.9 Å². The highest BCUT2D eigenvalue weighted by molar-refractivity contribution is 6.44. The molecular weight excluding hydrogens is 283 g/mol. The first-order valence-corrected chi connectivity index (χ1v) is 7.36. The highest BCUT2D eigenvalue weighted by atomic mass is 35.5. The summed E-state index contributed by atoms with van der Waals surface area (Å²) in [4.78, 5) is 12.0. The molecule has 1 aromatic rings. The summed E-state index contributed by atoms with van der Waals surface area (Å²) in [7, 11) is 0. The average molecular weight is 301 g/mol. The summed E-state index contributed by atoms with van der Waals surface area (Å²) >= 11 is 11.9. The van der Waals surface area contributed by atoms with Crippen LogP contribution < -0.4 is 11.1 Å². The van der Waals surface area contributed by atoms with E-state index < -0.39 is 0 Å². The maximum atomic E-state index is 12.0. The van der Waals surface area contributed by atoms with Crippen molar-refractivity contribution >= 4 is 34.8 Å². The normalized spacial score (nSPS) is 15.7. The molecule has 1 aromatic carbocycles. The minimum Gasteiger partial charge on any atom is -0.399 e. The number of nitrogens with two attached hydrogens (primary N) is 1. The zero-order valence-corrected chi connectivity index (χ0v) is 12.2. The summed E-state index contributed by atoms with van der Waals surface area (Å²) in [6, 6.07) is 3.10. The Bertz CT molecular complexity index is 471. The molecule has 1 aliphatic rings. The first kappa shape index (κ1) is 14.5. The first-order chi connectivity index (χ1) is 9.08. The minimum atomic E-state index is -0.211. The van der Waals surface area contributed by atoms with Gasteiger partial charge < -0.3 is 11.1 Å². The molecule has 1 saturated carbocycles. The monoisotopic (exact) mass is 300 g/mol. The summed E-state index contributed by atoms with van der Waals surface area (Å²) < 4.78 is 0. The fraction of sp³-hybridized carbons (Fsp3) is 0.500. The molecule has 1 amide bonds. The van der Waals surface area contributed by atoms with Gasteiger partial charge in [-0.15, -0.1) is 0 Å². The van der Waals surface area contributed by atoms with Gasteiger partial charge in [-0.3, -0.25) is 4.79 Å². The number of benzene rings is 1. The highest BCUT2D eigenvalue weighted by Crippen LogP contribution is 2.29. The van der Waals surface area contributed by atoms with Gasteiger partial charge in [0.25, 0.3) is 5.91 Å². The van der Waals surface area contributed by atoms with Crippen LogP contribution in [0.15, 0.2) is 12.1 Å². The first-order valence-electron chi connectivity index (χ1n) is 6.60. The Hall–Kier alpha value is -0.930. The quantitative estimate of drug-likeness (QED) is 0.829. The van der Waals surface area contributed by atoms with E-state index in [1.807, 2.05) is 0 Å². The highest BCUT2D eigenvalue weighted by Gasteiger charge is 2.17. The van der Waals surface area contributed by atoms with Gasteiger partial charge in [-0.05, 0) is 24.5 Å². The molecule has 3 N–H and O–H groups in total. The Morgan fingerprint density at radius 1 is 1.32 bits per heavy atom. The molecule has 0 aliphatic heterocycles. The predicted octanol–water partition coefficient (Wildman–Crippen LogP) is 3.89. The van der Waals surface area contributed by atoms with Crippen LogP contribution in [0.5, 0.6) is 0 Å². The van der Waals surface area contributed by atoms with E-state index in [0.29, 0.717) is 22.8 Å². The third-order valence-electron chi connectivity index (χ3n) is 3.61. The van der Waals surface area contributed by atoms with Crippen LogP contribution in [0.2, 0.25) is 10.0 Å². The topological polar surface area (TPSA) is 55.1 Å². The summed E-state index contributed by atoms with van der Waals surface area (Å²) in [5.41, 5.74) is 6.46. The Balaban J connectivity index is 1.92. The van der Waals surface area contributed by atoms with E-state index in [-0.39, 0.29) is 10.9 Å². The fourth-order valence-corrected chi connectivity index (χ4v) is 2.98. The van der Waals surface area contributed by atoms with E-state index in [1.54, 1.807) is 12.1 Å². The van der Waals surface area contributed by atoms with Gasteiger partial charge in [-0.2, -0.15) is 0 Å². The van der Waals surface area contributed by atoms with Crippen molar-refractivity contribution in [3.63, 3.8) is 0 Å². The van der Waals surface area contributed by atoms with Crippen LogP contribution in [-0.4, -0.2) is 12.5 Å². The van der Waals surface area contributed by atoms with Gasteiger partial charge >= 0.3 is 0 Å². The lowest BCUT2D eigenvalue weighted by molar-refractivity contribution is 0.0951. The zero-order valence-electron chi connectivity index (χ0n) is 10.7. The zero-order chi connectivity index (χ0) is 13.8. The van der Waals surface area contributed by atoms with Crippen LogP contribution in [0.25, 0.3) is 0 Å². The van der Waals surface area contributed by atoms with Gasteiger partial charge in [0.15, 0.2) is 0 Å². The molecule has 0 aromatic heterocycles. The lowest BCUT2D eigenvalue weighted by Crippen LogP contribution is -2.26. The number of carbonyl (C=O) groups is 1. The van der Waals surface area contributed by atoms with E-state index >= 15 is 0 Å². The van der Waals surface area contributed by atoms with Crippen LogP contribution in [0.1, 0.15) is 42.5 Å². The molecule has 0 radical (unpaired) electrons. The number of rotatable bonds is 4. The summed E-state index contributed by atoms with van der Waals surface area (Å²) in [6.07, 6.45) is 6.21. The largest absolute Gasteiger partial charge is 0.399 e. The second-order valence-corrected chi connectivity index (χ2v) is 5.84. The third-order valence-corrected chi connectivity index (χ3v) is 4.41.